The van der Waals surface area contributed by atoms with Gasteiger partial charge in [0, 0.05) is 6.42 Å². The number of hydrogen-bond donors (Lipinski definition) is 2. The highest BCUT2D eigenvalue weighted by Crippen LogP contribution is 2.41. The summed E-state index contributed by atoms with van der Waals surface area (Å²) < 4.78 is 0. The van der Waals surface area contributed by atoms with Gasteiger partial charge < -0.3 is 14.9 Å². The maximum atomic E-state index is 10.5. The van der Waals surface area contributed by atoms with Gasteiger partial charge in [-0.15, -0.1) is 0 Å². The fraction of sp³-hybridized carbons (Fsp3) is 1.00. The van der Waals surface area contributed by atoms with E-state index in [0.717, 1.165) is 12.8 Å². The molecular weight excluding hydrogens is 239 g/mol. The van der Waals surface area contributed by atoms with Gasteiger partial charge >= 0.3 is 0 Å². The summed E-state index contributed by atoms with van der Waals surface area (Å²) in [6.45, 7) is 2.20. The van der Waals surface area contributed by atoms with E-state index in [9.17, 15) is 9.79 Å². The molecule has 1 atom stereocenters. The fourth-order valence-corrected chi connectivity index (χ4v) is 2.31. The molecule has 0 saturated carbocycles. The molecule has 104 valence electrons. The van der Waals surface area contributed by atoms with Crippen LogP contribution in [-0.2, 0) is 0 Å². The van der Waals surface area contributed by atoms with Crippen molar-refractivity contribution in [3.8, 4) is 0 Å². The third-order valence-electron chi connectivity index (χ3n) is 2.94. The van der Waals surface area contributed by atoms with Crippen molar-refractivity contribution in [3.63, 3.8) is 0 Å². The Labute approximate surface area is 105 Å². The van der Waals surface area contributed by atoms with E-state index < -0.39 is 13.8 Å². The lowest BCUT2D eigenvalue weighted by molar-refractivity contribution is -0.340. The van der Waals surface area contributed by atoms with Crippen LogP contribution in [0.4, 0.5) is 0 Å². The number of unbranched alkanes of at least 4 members (excludes halogenated alkanes) is 8. The molecule has 0 aromatic rings. The summed E-state index contributed by atoms with van der Waals surface area (Å²) in [7, 11) is -4.53. The standard InChI is InChI=1S/C12H27O4P/c1-2-3-4-5-6-7-8-9-10-11-12(13)17(14,15)16/h12-13H,2-11H2,1H3,(H2,14,15,16)/p-1. The van der Waals surface area contributed by atoms with Gasteiger partial charge in [-0.3, -0.25) is 4.89 Å². The second-order valence-corrected chi connectivity index (χ2v) is 6.39. The lowest BCUT2D eigenvalue weighted by Crippen LogP contribution is -2.31. The fourth-order valence-electron chi connectivity index (χ4n) is 1.80. The first-order valence-corrected chi connectivity index (χ1v) is 8.34. The minimum atomic E-state index is -4.53. The Balaban J connectivity index is 3.19. The smallest absolute Gasteiger partial charge is 0.181 e. The maximum absolute atomic E-state index is 10.5. The first kappa shape index (κ1) is 17.3. The summed E-state index contributed by atoms with van der Waals surface area (Å²) >= 11 is 0. The Hall–Kier alpha value is 0.270. The van der Waals surface area contributed by atoms with Gasteiger partial charge in [0.05, 0.1) is 7.94 Å². The Morgan fingerprint density at radius 1 is 0.882 bits per heavy atom. The van der Waals surface area contributed by atoms with Gasteiger partial charge in [-0.05, 0) is 6.42 Å². The summed E-state index contributed by atoms with van der Waals surface area (Å²) in [5.41, 5.74) is 0. The minimum Gasteiger partial charge on any atom is -0.658 e. The molecule has 0 spiro atoms. The molecule has 0 heterocycles. The molecule has 2 N–H and O–H groups in total. The van der Waals surface area contributed by atoms with Gasteiger partial charge in [0.2, 0.25) is 0 Å². The molecule has 0 aromatic heterocycles. The first-order valence-electron chi connectivity index (χ1n) is 6.70. The van der Waals surface area contributed by atoms with Gasteiger partial charge in [-0.25, -0.2) is 0 Å². The topological polar surface area (TPSA) is 86.6 Å². The predicted octanol–water partition coefficient (Wildman–Crippen LogP) is 1.70. The van der Waals surface area contributed by atoms with E-state index in [1.165, 1.54) is 38.5 Å². The summed E-state index contributed by atoms with van der Waals surface area (Å²) in [6.07, 6.45) is 10.4. The first-order chi connectivity index (χ1) is 7.98. The molecule has 0 saturated heterocycles. The molecule has 0 aliphatic heterocycles. The van der Waals surface area contributed by atoms with Crippen LogP contribution in [0, 0.1) is 0 Å². The SMILES string of the molecule is CCCCCCCCCCCC(O)[P+]([O-])([O-])O. The molecule has 0 rings (SSSR count). The number of aliphatic hydroxyl groups is 1. The highest BCUT2D eigenvalue weighted by atomic mass is 31.2. The van der Waals surface area contributed by atoms with E-state index in [1.54, 1.807) is 0 Å². The van der Waals surface area contributed by atoms with Crippen LogP contribution in [0.25, 0.3) is 0 Å². The average molecular weight is 265 g/mol. The van der Waals surface area contributed by atoms with E-state index in [0.29, 0.717) is 6.42 Å². The lowest BCUT2D eigenvalue weighted by atomic mass is 10.1. The van der Waals surface area contributed by atoms with E-state index >= 15 is 0 Å². The highest BCUT2D eigenvalue weighted by molar-refractivity contribution is 7.56. The molecule has 0 aliphatic carbocycles. The Morgan fingerprint density at radius 3 is 1.71 bits per heavy atom. The number of hydrogen-bond acceptors (Lipinski definition) is 4. The largest absolute Gasteiger partial charge is 0.658 e. The molecule has 1 unspecified atom stereocenters. The van der Waals surface area contributed by atoms with Gasteiger partial charge in [0.25, 0.3) is 0 Å². The summed E-state index contributed by atoms with van der Waals surface area (Å²) in [5, 5.41) is 9.06. The minimum absolute atomic E-state index is 0.146. The molecule has 0 bridgehead atoms. The second kappa shape index (κ2) is 10.2. The van der Waals surface area contributed by atoms with Gasteiger partial charge in [-0.2, -0.15) is 0 Å². The third kappa shape index (κ3) is 11.1. The van der Waals surface area contributed by atoms with E-state index in [4.69, 9.17) is 10.00 Å². The van der Waals surface area contributed by atoms with Crippen molar-refractivity contribution in [1.82, 2.24) is 0 Å². The maximum Gasteiger partial charge on any atom is 0.181 e. The summed E-state index contributed by atoms with van der Waals surface area (Å²) in [6, 6.07) is 0. The lowest BCUT2D eigenvalue weighted by Gasteiger charge is -2.32. The van der Waals surface area contributed by atoms with Crippen LogP contribution >= 0.6 is 7.94 Å². The van der Waals surface area contributed by atoms with Crippen LogP contribution in [0.1, 0.15) is 71.1 Å². The Bertz CT molecular complexity index is 170. The highest BCUT2D eigenvalue weighted by Gasteiger charge is 2.20. The predicted molar refractivity (Wildman–Crippen MR) is 67.0 cm³/mol. The molecule has 0 aliphatic rings. The van der Waals surface area contributed by atoms with Crippen LogP contribution in [-0.4, -0.2) is 15.8 Å². The van der Waals surface area contributed by atoms with Crippen molar-refractivity contribution in [2.45, 2.75) is 77.0 Å². The molecule has 17 heavy (non-hydrogen) atoms. The monoisotopic (exact) mass is 265 g/mol. The quantitative estimate of drug-likeness (QED) is 0.440. The van der Waals surface area contributed by atoms with Crippen molar-refractivity contribution >= 4 is 7.94 Å². The van der Waals surface area contributed by atoms with Crippen LogP contribution < -0.4 is 9.79 Å². The van der Waals surface area contributed by atoms with Crippen LogP contribution in [0.2, 0.25) is 0 Å². The van der Waals surface area contributed by atoms with Gasteiger partial charge in [0.1, 0.15) is 0 Å². The zero-order valence-corrected chi connectivity index (χ0v) is 11.7. The molecule has 0 amide bonds. The summed E-state index contributed by atoms with van der Waals surface area (Å²) in [5.74, 6) is -1.58. The second-order valence-electron chi connectivity index (χ2n) is 4.66. The number of rotatable bonds is 11. The Kier molecular flexibility index (Phi) is 10.4. The van der Waals surface area contributed by atoms with E-state index in [2.05, 4.69) is 6.92 Å². The zero-order chi connectivity index (χ0) is 13.1. The molecule has 0 fully saturated rings. The van der Waals surface area contributed by atoms with Crippen molar-refractivity contribution in [2.24, 2.45) is 0 Å². The zero-order valence-electron chi connectivity index (χ0n) is 10.8. The van der Waals surface area contributed by atoms with Crippen molar-refractivity contribution in [3.05, 3.63) is 0 Å². The van der Waals surface area contributed by atoms with Gasteiger partial charge in [0.15, 0.2) is 5.85 Å². The van der Waals surface area contributed by atoms with Crippen LogP contribution in [0.3, 0.4) is 0 Å². The van der Waals surface area contributed by atoms with Crippen molar-refractivity contribution in [2.75, 3.05) is 0 Å². The van der Waals surface area contributed by atoms with Crippen molar-refractivity contribution in [1.29, 1.82) is 0 Å². The number of aliphatic hydroxyl groups excluding tert-OH is 1. The average Bonchev–Trinajstić information content (AvgIpc) is 2.25. The summed E-state index contributed by atoms with van der Waals surface area (Å²) in [4.78, 5) is 29.6. The van der Waals surface area contributed by atoms with E-state index in [-0.39, 0.29) is 6.42 Å². The van der Waals surface area contributed by atoms with Gasteiger partial charge in [-0.1, -0.05) is 58.3 Å². The van der Waals surface area contributed by atoms with E-state index in [1.807, 2.05) is 0 Å². The molecule has 0 aromatic carbocycles. The van der Waals surface area contributed by atoms with Crippen LogP contribution in [0.5, 0.6) is 0 Å². The molecule has 5 heteroatoms. The molecular formula is C12H26O4P-. The van der Waals surface area contributed by atoms with Crippen molar-refractivity contribution < 1.29 is 19.8 Å². The Morgan fingerprint density at radius 2 is 1.29 bits per heavy atom. The normalized spacial score (nSPS) is 13.9. The molecule has 0 radical (unpaired) electrons. The molecule has 4 nitrogen and oxygen atoms in total. The van der Waals surface area contributed by atoms with Crippen LogP contribution in [0.15, 0.2) is 0 Å². The third-order valence-corrected chi connectivity index (χ3v) is 3.95.